The van der Waals surface area contributed by atoms with Crippen molar-refractivity contribution in [2.45, 2.75) is 6.92 Å². The number of nitrogens with one attached hydrogen (secondary N) is 3. The monoisotopic (exact) mass is 405 g/mol. The van der Waals surface area contributed by atoms with Crippen LogP contribution in [0.3, 0.4) is 0 Å². The number of imidazole rings is 1. The van der Waals surface area contributed by atoms with Crippen LogP contribution in [0.2, 0.25) is 0 Å². The average Bonchev–Trinajstić information content (AvgIpc) is 3.12. The lowest BCUT2D eigenvalue weighted by molar-refractivity contribution is 0.103. The van der Waals surface area contributed by atoms with Gasteiger partial charge in [-0.2, -0.15) is 0 Å². The van der Waals surface area contributed by atoms with Crippen molar-refractivity contribution in [3.8, 4) is 0 Å². The van der Waals surface area contributed by atoms with Gasteiger partial charge in [0, 0.05) is 48.8 Å². The molecule has 3 N–H and O–H groups in total. The zero-order valence-corrected chi connectivity index (χ0v) is 16.6. The number of hydrogen-bond acceptors (Lipinski definition) is 4. The third-order valence-electron chi connectivity index (χ3n) is 5.23. The number of para-hydroxylation sites is 1. The van der Waals surface area contributed by atoms with E-state index in [2.05, 4.69) is 32.3 Å². The average molecular weight is 405 g/mol. The lowest BCUT2D eigenvalue weighted by atomic mass is 10.1. The van der Waals surface area contributed by atoms with E-state index >= 15 is 0 Å². The fraction of sp³-hybridized carbons (Fsp3) is 0.227. The summed E-state index contributed by atoms with van der Waals surface area (Å²) in [4.78, 5) is 45.6. The van der Waals surface area contributed by atoms with Gasteiger partial charge < -0.3 is 25.1 Å². The van der Waals surface area contributed by atoms with Crippen LogP contribution >= 0.6 is 0 Å². The molecule has 0 aliphatic carbocycles. The van der Waals surface area contributed by atoms with Crippen molar-refractivity contribution in [3.63, 3.8) is 0 Å². The van der Waals surface area contributed by atoms with Gasteiger partial charge in [-0.3, -0.25) is 4.79 Å². The van der Waals surface area contributed by atoms with Crippen LogP contribution in [0.25, 0.3) is 0 Å². The smallest absolute Gasteiger partial charge is 0.323 e. The third-order valence-corrected chi connectivity index (χ3v) is 5.23. The highest BCUT2D eigenvalue weighted by atomic mass is 16.2. The number of H-pyrrole nitrogens is 2. The van der Waals surface area contributed by atoms with Gasteiger partial charge in [0.05, 0.1) is 0 Å². The van der Waals surface area contributed by atoms with E-state index in [1.165, 1.54) is 0 Å². The minimum absolute atomic E-state index is 0.160. The van der Waals surface area contributed by atoms with Crippen molar-refractivity contribution in [1.82, 2.24) is 14.9 Å². The van der Waals surface area contributed by atoms with Crippen molar-refractivity contribution < 1.29 is 9.59 Å². The molecule has 2 aromatic carbocycles. The highest BCUT2D eigenvalue weighted by Gasteiger charge is 2.21. The van der Waals surface area contributed by atoms with Gasteiger partial charge in [-0.05, 0) is 43.3 Å². The molecule has 0 saturated carbocycles. The highest BCUT2D eigenvalue weighted by Crippen LogP contribution is 2.17. The first-order valence-corrected chi connectivity index (χ1v) is 9.81. The number of aromatic nitrogens is 2. The SMILES string of the molecule is Cc1[nH]c(=O)[nH]c1C(=O)c1ccc(NC(=O)N2CCN(c3ccccc3)CC2)cc1. The van der Waals surface area contributed by atoms with Gasteiger partial charge in [-0.1, -0.05) is 18.2 Å². The predicted octanol–water partition coefficient (Wildman–Crippen LogP) is 2.60. The molecule has 1 saturated heterocycles. The van der Waals surface area contributed by atoms with E-state index in [1.807, 2.05) is 18.2 Å². The number of ketones is 1. The van der Waals surface area contributed by atoms with E-state index in [9.17, 15) is 14.4 Å². The summed E-state index contributed by atoms with van der Waals surface area (Å²) in [6.07, 6.45) is 0. The number of benzene rings is 2. The van der Waals surface area contributed by atoms with E-state index in [1.54, 1.807) is 36.1 Å². The van der Waals surface area contributed by atoms with Crippen LogP contribution in [0.5, 0.6) is 0 Å². The molecule has 0 radical (unpaired) electrons. The Morgan fingerprint density at radius 1 is 0.900 bits per heavy atom. The van der Waals surface area contributed by atoms with Crippen LogP contribution in [-0.4, -0.2) is 52.9 Å². The Balaban J connectivity index is 1.34. The van der Waals surface area contributed by atoms with Gasteiger partial charge in [-0.15, -0.1) is 0 Å². The Kier molecular flexibility index (Phi) is 5.38. The molecular weight excluding hydrogens is 382 g/mol. The Bertz CT molecular complexity index is 1090. The molecule has 2 amide bonds. The number of hydrogen-bond donors (Lipinski definition) is 3. The first-order valence-electron chi connectivity index (χ1n) is 9.81. The van der Waals surface area contributed by atoms with Crippen LogP contribution in [0.15, 0.2) is 59.4 Å². The van der Waals surface area contributed by atoms with Gasteiger partial charge in [0.1, 0.15) is 5.69 Å². The minimum Gasteiger partial charge on any atom is -0.368 e. The molecule has 0 spiro atoms. The van der Waals surface area contributed by atoms with Crippen molar-refractivity contribution in [1.29, 1.82) is 0 Å². The predicted molar refractivity (Wildman–Crippen MR) is 115 cm³/mol. The quantitative estimate of drug-likeness (QED) is 0.581. The van der Waals surface area contributed by atoms with Crippen LogP contribution in [0.1, 0.15) is 21.7 Å². The largest absolute Gasteiger partial charge is 0.368 e. The lowest BCUT2D eigenvalue weighted by Gasteiger charge is -2.36. The molecule has 154 valence electrons. The summed E-state index contributed by atoms with van der Waals surface area (Å²) in [6.45, 7) is 4.49. The molecule has 0 bridgehead atoms. The van der Waals surface area contributed by atoms with Crippen molar-refractivity contribution >= 4 is 23.2 Å². The first-order chi connectivity index (χ1) is 14.5. The third kappa shape index (κ3) is 4.12. The second kappa shape index (κ2) is 8.28. The van der Waals surface area contributed by atoms with Crippen molar-refractivity contribution in [3.05, 3.63) is 82.0 Å². The number of anilines is 2. The van der Waals surface area contributed by atoms with Crippen molar-refractivity contribution in [2.24, 2.45) is 0 Å². The zero-order valence-electron chi connectivity index (χ0n) is 16.6. The molecule has 1 aromatic heterocycles. The number of aryl methyl sites for hydroxylation is 1. The summed E-state index contributed by atoms with van der Waals surface area (Å²) < 4.78 is 0. The van der Waals surface area contributed by atoms with Crippen LogP contribution in [-0.2, 0) is 0 Å². The number of carbonyl (C=O) groups is 2. The molecular formula is C22H23N5O3. The number of urea groups is 1. The second-order valence-electron chi connectivity index (χ2n) is 7.23. The first kappa shape index (κ1) is 19.5. The van der Waals surface area contributed by atoms with Crippen LogP contribution < -0.4 is 15.9 Å². The molecule has 30 heavy (non-hydrogen) atoms. The molecule has 4 rings (SSSR count). The maximum absolute atomic E-state index is 12.6. The van der Waals surface area contributed by atoms with E-state index in [-0.39, 0.29) is 17.5 Å². The summed E-state index contributed by atoms with van der Waals surface area (Å²) in [7, 11) is 0. The summed E-state index contributed by atoms with van der Waals surface area (Å²) >= 11 is 0. The second-order valence-corrected chi connectivity index (χ2v) is 7.23. The molecule has 0 atom stereocenters. The van der Waals surface area contributed by atoms with Gasteiger partial charge in [0.15, 0.2) is 0 Å². The van der Waals surface area contributed by atoms with E-state index in [0.717, 1.165) is 18.8 Å². The van der Waals surface area contributed by atoms with E-state index in [4.69, 9.17) is 0 Å². The number of piperazine rings is 1. The maximum Gasteiger partial charge on any atom is 0.323 e. The number of rotatable bonds is 4. The molecule has 1 aliphatic rings. The zero-order chi connectivity index (χ0) is 21.1. The minimum atomic E-state index is -0.410. The summed E-state index contributed by atoms with van der Waals surface area (Å²) in [5, 5.41) is 2.88. The topological polar surface area (TPSA) is 101 Å². The molecule has 2 heterocycles. The molecule has 1 aliphatic heterocycles. The standard InChI is InChI=1S/C22H23N5O3/c1-15-19(25-21(29)23-15)20(28)16-7-9-17(10-8-16)24-22(30)27-13-11-26(12-14-27)18-5-3-2-4-6-18/h2-10H,11-14H2,1H3,(H,24,30)(H2,23,25,29). The Morgan fingerprint density at radius 2 is 1.57 bits per heavy atom. The Morgan fingerprint density at radius 3 is 2.17 bits per heavy atom. The van der Waals surface area contributed by atoms with Gasteiger partial charge in [0.2, 0.25) is 5.78 Å². The number of aromatic amines is 2. The van der Waals surface area contributed by atoms with Gasteiger partial charge in [-0.25, -0.2) is 9.59 Å². The number of amides is 2. The number of carbonyl (C=O) groups excluding carboxylic acids is 2. The van der Waals surface area contributed by atoms with Gasteiger partial charge in [0.25, 0.3) is 0 Å². The molecule has 3 aromatic rings. The Labute approximate surface area is 173 Å². The normalized spacial score (nSPS) is 13.9. The molecule has 0 unspecified atom stereocenters. The number of nitrogens with zero attached hydrogens (tertiary/aromatic N) is 2. The maximum atomic E-state index is 12.6. The van der Waals surface area contributed by atoms with Gasteiger partial charge >= 0.3 is 11.7 Å². The van der Waals surface area contributed by atoms with E-state index in [0.29, 0.717) is 30.0 Å². The molecule has 8 heteroatoms. The summed E-state index contributed by atoms with van der Waals surface area (Å²) in [6, 6.07) is 16.6. The molecule has 1 fully saturated rings. The summed E-state index contributed by atoms with van der Waals surface area (Å²) in [5.74, 6) is -0.277. The summed E-state index contributed by atoms with van der Waals surface area (Å²) in [5.41, 5.74) is 2.54. The fourth-order valence-electron chi connectivity index (χ4n) is 3.56. The van der Waals surface area contributed by atoms with Crippen molar-refractivity contribution in [2.75, 3.05) is 36.4 Å². The lowest BCUT2D eigenvalue weighted by Crippen LogP contribution is -2.50. The van der Waals surface area contributed by atoms with Crippen LogP contribution in [0.4, 0.5) is 16.2 Å². The van der Waals surface area contributed by atoms with Crippen LogP contribution in [0, 0.1) is 6.92 Å². The van der Waals surface area contributed by atoms with E-state index < -0.39 is 5.69 Å². The Hall–Kier alpha value is -3.81. The fourth-order valence-corrected chi connectivity index (χ4v) is 3.56. The molecule has 8 nitrogen and oxygen atoms in total. The highest BCUT2D eigenvalue weighted by molar-refractivity contribution is 6.08.